The average molecular weight is 438 g/mol. The van der Waals surface area contributed by atoms with Crippen molar-refractivity contribution in [2.24, 2.45) is 10.2 Å². The first kappa shape index (κ1) is 22.3. The molecule has 166 valence electrons. The van der Waals surface area contributed by atoms with Crippen LogP contribution >= 0.6 is 0 Å². The summed E-state index contributed by atoms with van der Waals surface area (Å²) >= 11 is 0. The molecule has 2 heterocycles. The van der Waals surface area contributed by atoms with E-state index < -0.39 is 11.8 Å². The second kappa shape index (κ2) is 11.2. The Balaban J connectivity index is 1.34. The molecule has 3 aromatic rings. The Morgan fingerprint density at radius 1 is 0.750 bits per heavy atom. The molecule has 0 fully saturated rings. The molecule has 0 radical (unpaired) electrons. The summed E-state index contributed by atoms with van der Waals surface area (Å²) in [4.78, 5) is 23.5. The first-order valence-corrected chi connectivity index (χ1v) is 9.60. The van der Waals surface area contributed by atoms with Crippen LogP contribution in [0, 0.1) is 13.8 Å². The number of carbonyl (C=O) groups excluding carboxylic acids is 2. The third-order valence-corrected chi connectivity index (χ3v) is 3.85. The molecule has 32 heavy (non-hydrogen) atoms. The van der Waals surface area contributed by atoms with Crippen molar-refractivity contribution < 1.29 is 27.9 Å². The molecule has 0 aliphatic heterocycles. The number of carbonyl (C=O) groups is 2. The molecule has 10 nitrogen and oxygen atoms in total. The normalized spacial score (nSPS) is 11.1. The van der Waals surface area contributed by atoms with Crippen LogP contribution in [0.3, 0.4) is 0 Å². The Hall–Kier alpha value is -4.34. The summed E-state index contributed by atoms with van der Waals surface area (Å²) in [5.41, 5.74) is 4.68. The predicted molar refractivity (Wildman–Crippen MR) is 116 cm³/mol. The van der Waals surface area contributed by atoms with Crippen LogP contribution in [-0.2, 0) is 9.59 Å². The fourth-order valence-corrected chi connectivity index (χ4v) is 2.38. The molecule has 0 spiro atoms. The summed E-state index contributed by atoms with van der Waals surface area (Å²) in [6.45, 7) is 3.19. The van der Waals surface area contributed by atoms with E-state index in [2.05, 4.69) is 21.1 Å². The number of hydrogen-bond acceptors (Lipinski definition) is 8. The van der Waals surface area contributed by atoms with Crippen molar-refractivity contribution >= 4 is 24.2 Å². The lowest BCUT2D eigenvalue weighted by atomic mass is 10.3. The van der Waals surface area contributed by atoms with Crippen LogP contribution in [0.2, 0.25) is 0 Å². The summed E-state index contributed by atoms with van der Waals surface area (Å²) in [7, 11) is 0. The second-order valence-electron chi connectivity index (χ2n) is 6.53. The smallest absolute Gasteiger partial charge is 0.277 e. The Kier molecular flexibility index (Phi) is 7.79. The van der Waals surface area contributed by atoms with Gasteiger partial charge in [-0.05, 0) is 62.4 Å². The van der Waals surface area contributed by atoms with Crippen LogP contribution in [0.25, 0.3) is 0 Å². The molecule has 0 unspecified atom stereocenters. The van der Waals surface area contributed by atoms with Crippen LogP contribution < -0.4 is 20.3 Å². The van der Waals surface area contributed by atoms with E-state index in [0.29, 0.717) is 23.0 Å². The van der Waals surface area contributed by atoms with E-state index in [4.69, 9.17) is 18.3 Å². The number of furan rings is 2. The molecule has 0 saturated carbocycles. The average Bonchev–Trinajstić information content (AvgIpc) is 3.39. The number of nitrogens with one attached hydrogen (secondary N) is 2. The van der Waals surface area contributed by atoms with Gasteiger partial charge in [-0.1, -0.05) is 0 Å². The summed E-state index contributed by atoms with van der Waals surface area (Å²) < 4.78 is 21.4. The van der Waals surface area contributed by atoms with Crippen LogP contribution in [0.15, 0.2) is 67.6 Å². The molecular weight excluding hydrogens is 416 g/mol. The monoisotopic (exact) mass is 438 g/mol. The topological polar surface area (TPSA) is 128 Å². The van der Waals surface area contributed by atoms with Gasteiger partial charge in [0.15, 0.2) is 13.2 Å². The molecule has 2 aromatic heterocycles. The van der Waals surface area contributed by atoms with Crippen molar-refractivity contribution in [3.63, 3.8) is 0 Å². The maximum absolute atomic E-state index is 11.8. The second-order valence-corrected chi connectivity index (χ2v) is 6.53. The zero-order valence-electron chi connectivity index (χ0n) is 17.5. The van der Waals surface area contributed by atoms with E-state index in [-0.39, 0.29) is 13.2 Å². The summed E-state index contributed by atoms with van der Waals surface area (Å²) in [6, 6.07) is 13.5. The quantitative estimate of drug-likeness (QED) is 0.370. The zero-order valence-corrected chi connectivity index (χ0v) is 17.5. The SMILES string of the molecule is Cc1ccc(/C=N/NC(=O)COc2ccc(OCC(=O)N/N=C/c3ccc(C)o3)cc2)o1. The van der Waals surface area contributed by atoms with E-state index in [1.807, 2.05) is 13.8 Å². The number of amides is 2. The number of hydrogen-bond donors (Lipinski definition) is 2. The molecule has 2 N–H and O–H groups in total. The number of benzene rings is 1. The predicted octanol–water partition coefficient (Wildman–Crippen LogP) is 2.55. The van der Waals surface area contributed by atoms with Gasteiger partial charge in [-0.2, -0.15) is 10.2 Å². The van der Waals surface area contributed by atoms with Gasteiger partial charge in [0.2, 0.25) is 0 Å². The standard InChI is InChI=1S/C22H22N4O6/c1-15-3-5-19(31-15)11-23-25-21(27)13-29-17-7-9-18(10-8-17)30-14-22(28)26-24-12-20-6-4-16(2)32-20/h3-12H,13-14H2,1-2H3,(H,25,27)(H,26,28)/b23-11+,24-12+. The van der Waals surface area contributed by atoms with Gasteiger partial charge in [0.1, 0.15) is 34.5 Å². The fraction of sp³-hybridized carbons (Fsp3) is 0.182. The van der Waals surface area contributed by atoms with Gasteiger partial charge in [0.25, 0.3) is 11.8 Å². The van der Waals surface area contributed by atoms with E-state index in [1.165, 1.54) is 12.4 Å². The first-order chi connectivity index (χ1) is 15.5. The maximum Gasteiger partial charge on any atom is 0.277 e. The minimum atomic E-state index is -0.424. The molecule has 2 amide bonds. The third kappa shape index (κ3) is 7.48. The number of hydrazone groups is 2. The highest BCUT2D eigenvalue weighted by Gasteiger charge is 2.04. The van der Waals surface area contributed by atoms with Crippen molar-refractivity contribution in [2.75, 3.05) is 13.2 Å². The minimum Gasteiger partial charge on any atom is -0.484 e. The van der Waals surface area contributed by atoms with Crippen molar-refractivity contribution in [1.82, 2.24) is 10.9 Å². The summed E-state index contributed by atoms with van der Waals surface area (Å²) in [5.74, 6) is 2.64. The van der Waals surface area contributed by atoms with Crippen molar-refractivity contribution in [1.29, 1.82) is 0 Å². The number of aryl methyl sites for hydroxylation is 2. The molecule has 0 saturated heterocycles. The third-order valence-electron chi connectivity index (χ3n) is 3.85. The van der Waals surface area contributed by atoms with Gasteiger partial charge in [-0.15, -0.1) is 0 Å². The van der Waals surface area contributed by atoms with E-state index in [0.717, 1.165) is 11.5 Å². The lowest BCUT2D eigenvalue weighted by molar-refractivity contribution is -0.123. The lowest BCUT2D eigenvalue weighted by Gasteiger charge is -2.07. The van der Waals surface area contributed by atoms with Crippen LogP contribution in [0.1, 0.15) is 23.0 Å². The van der Waals surface area contributed by atoms with Gasteiger partial charge in [-0.3, -0.25) is 9.59 Å². The van der Waals surface area contributed by atoms with Crippen LogP contribution in [0.4, 0.5) is 0 Å². The molecule has 3 rings (SSSR count). The summed E-state index contributed by atoms with van der Waals surface area (Å²) in [6.07, 6.45) is 2.80. The van der Waals surface area contributed by atoms with Crippen molar-refractivity contribution in [3.8, 4) is 11.5 Å². The van der Waals surface area contributed by atoms with Crippen LogP contribution in [0.5, 0.6) is 11.5 Å². The van der Waals surface area contributed by atoms with Gasteiger partial charge in [-0.25, -0.2) is 10.9 Å². The van der Waals surface area contributed by atoms with Crippen LogP contribution in [-0.4, -0.2) is 37.5 Å². The Morgan fingerprint density at radius 2 is 1.16 bits per heavy atom. The van der Waals surface area contributed by atoms with Gasteiger partial charge in [0.05, 0.1) is 12.4 Å². The lowest BCUT2D eigenvalue weighted by Crippen LogP contribution is -2.25. The first-order valence-electron chi connectivity index (χ1n) is 9.60. The Labute approximate surface area is 183 Å². The molecule has 0 atom stereocenters. The highest BCUT2D eigenvalue weighted by atomic mass is 16.5. The largest absolute Gasteiger partial charge is 0.484 e. The number of rotatable bonds is 10. The maximum atomic E-state index is 11.8. The summed E-state index contributed by atoms with van der Waals surface area (Å²) in [5, 5.41) is 7.58. The molecule has 10 heteroatoms. The zero-order chi connectivity index (χ0) is 22.8. The Morgan fingerprint density at radius 3 is 1.50 bits per heavy atom. The fourth-order valence-electron chi connectivity index (χ4n) is 2.38. The number of ether oxygens (including phenoxy) is 2. The molecule has 0 bridgehead atoms. The highest BCUT2D eigenvalue weighted by molar-refractivity contribution is 5.81. The van der Waals surface area contributed by atoms with Gasteiger partial charge < -0.3 is 18.3 Å². The molecule has 0 aliphatic carbocycles. The highest BCUT2D eigenvalue weighted by Crippen LogP contribution is 2.17. The van der Waals surface area contributed by atoms with Gasteiger partial charge in [0, 0.05) is 0 Å². The Bertz CT molecular complexity index is 1010. The number of nitrogens with zero attached hydrogens (tertiary/aromatic N) is 2. The van der Waals surface area contributed by atoms with Gasteiger partial charge >= 0.3 is 0 Å². The van der Waals surface area contributed by atoms with Crippen molar-refractivity contribution in [2.45, 2.75) is 13.8 Å². The van der Waals surface area contributed by atoms with Crippen molar-refractivity contribution in [3.05, 3.63) is 71.6 Å². The molecule has 1 aromatic carbocycles. The van der Waals surface area contributed by atoms with E-state index in [1.54, 1.807) is 48.5 Å². The minimum absolute atomic E-state index is 0.218. The van der Waals surface area contributed by atoms with E-state index in [9.17, 15) is 9.59 Å². The van der Waals surface area contributed by atoms with E-state index >= 15 is 0 Å². The molecular formula is C22H22N4O6. The molecule has 0 aliphatic rings.